The fourth-order valence-corrected chi connectivity index (χ4v) is 11.2. The van der Waals surface area contributed by atoms with Gasteiger partial charge in [0.05, 0.1) is 23.4 Å². The second-order valence-electron chi connectivity index (χ2n) is 15.4. The van der Waals surface area contributed by atoms with Crippen molar-refractivity contribution in [1.82, 2.24) is 0 Å². The van der Waals surface area contributed by atoms with Crippen molar-refractivity contribution in [1.29, 1.82) is 0 Å². The van der Waals surface area contributed by atoms with Gasteiger partial charge in [-0.05, 0) is 111 Å². The number of rotatable bonds is 8. The first-order chi connectivity index (χ1) is 19.4. The molecule has 6 rings (SSSR count). The van der Waals surface area contributed by atoms with Gasteiger partial charge in [0.2, 0.25) is 0 Å². The Bertz CT molecular complexity index is 1040. The van der Waals surface area contributed by atoms with E-state index in [1.165, 1.54) is 0 Å². The highest BCUT2D eigenvalue weighted by atomic mass is 16.5. The Morgan fingerprint density at radius 3 is 2.66 bits per heavy atom. The Hall–Kier alpha value is -0.830. The van der Waals surface area contributed by atoms with E-state index in [2.05, 4.69) is 20.8 Å². The molecule has 5 fully saturated rings. The third-order valence-corrected chi connectivity index (χ3v) is 13.5. The minimum Gasteiger partial charge on any atom is -0.387 e. The number of hydrogen-bond acceptors (Lipinski definition) is 7. The average Bonchev–Trinajstić information content (AvgIpc) is 3.42. The van der Waals surface area contributed by atoms with Crippen molar-refractivity contribution in [2.24, 2.45) is 46.3 Å². The van der Waals surface area contributed by atoms with E-state index < -0.39 is 28.8 Å². The van der Waals surface area contributed by atoms with Gasteiger partial charge in [0.15, 0.2) is 5.78 Å². The van der Waals surface area contributed by atoms with Crippen LogP contribution in [0.3, 0.4) is 0 Å². The zero-order chi connectivity index (χ0) is 29.4. The first-order valence-electron chi connectivity index (χ1n) is 16.5. The van der Waals surface area contributed by atoms with E-state index in [1.54, 1.807) is 14.0 Å². The molecule has 6 aliphatic rings. The van der Waals surface area contributed by atoms with Crippen molar-refractivity contribution >= 4 is 5.78 Å². The summed E-state index contributed by atoms with van der Waals surface area (Å²) in [6.45, 7) is 10.3. The number of carbonyl (C=O) groups excluding carboxylic acids is 1. The van der Waals surface area contributed by atoms with Crippen LogP contribution in [-0.4, -0.2) is 77.5 Å². The lowest BCUT2D eigenvalue weighted by molar-refractivity contribution is -0.214. The molecule has 1 spiro atoms. The number of fused-ring (bicyclic) bond motifs is 6. The molecule has 5 aliphatic carbocycles. The van der Waals surface area contributed by atoms with Gasteiger partial charge in [-0.25, -0.2) is 0 Å². The monoisotopic (exact) mass is 574 g/mol. The maximum atomic E-state index is 13.9. The van der Waals surface area contributed by atoms with Crippen molar-refractivity contribution < 1.29 is 34.3 Å². The number of allylic oxidation sites excluding steroid dienone is 1. The molecule has 1 aliphatic heterocycles. The summed E-state index contributed by atoms with van der Waals surface area (Å²) in [5.74, 6) is 0.819. The fourth-order valence-electron chi connectivity index (χ4n) is 11.2. The third kappa shape index (κ3) is 4.38. The highest BCUT2D eigenvalue weighted by molar-refractivity contribution is 5.95. The number of ether oxygens (including phenoxy) is 3. The number of carbonyl (C=O) groups is 1. The van der Waals surface area contributed by atoms with Crippen LogP contribution >= 0.6 is 0 Å². The summed E-state index contributed by atoms with van der Waals surface area (Å²) in [6, 6.07) is 0. The molecular weight excluding hydrogens is 520 g/mol. The molecular formula is C34H54O7. The molecule has 0 amide bonds. The minimum atomic E-state index is -1.40. The Kier molecular flexibility index (Phi) is 7.85. The molecule has 2 bridgehead atoms. The number of hydrogen-bond donors (Lipinski definition) is 3. The zero-order valence-electron chi connectivity index (χ0n) is 25.9. The fraction of sp³-hybridized carbons (Fsp3) is 0.912. The van der Waals surface area contributed by atoms with E-state index in [1.807, 2.05) is 6.08 Å². The molecule has 232 valence electrons. The molecule has 0 aromatic heterocycles. The van der Waals surface area contributed by atoms with Crippen molar-refractivity contribution in [2.75, 3.05) is 26.9 Å². The first-order valence-corrected chi connectivity index (χ1v) is 16.5. The van der Waals surface area contributed by atoms with Crippen LogP contribution < -0.4 is 0 Å². The molecule has 13 atom stereocenters. The number of methoxy groups -OCH3 is 1. The Balaban J connectivity index is 1.30. The number of aliphatic hydroxyl groups is 3. The predicted octanol–water partition coefficient (Wildman–Crippen LogP) is 4.45. The minimum absolute atomic E-state index is 0.0828. The van der Waals surface area contributed by atoms with Crippen LogP contribution in [0.5, 0.6) is 0 Å². The summed E-state index contributed by atoms with van der Waals surface area (Å²) in [7, 11) is 1.70. The standard InChI is InChI=1S/C34H54O7/c1-20-19-41-29(21(20)2)30(36)32(4,37)27-10-13-34(38)25-17-26(35)24-16-23(40-15-7-14-39-5)9-12-31(24,3)28(25)22-8-6-11-33(27,34)18-22/h17,20-24,27-30,36-38H,6-16,18-19H2,1-5H3. The van der Waals surface area contributed by atoms with E-state index >= 15 is 0 Å². The van der Waals surface area contributed by atoms with Crippen LogP contribution in [0.2, 0.25) is 0 Å². The summed E-state index contributed by atoms with van der Waals surface area (Å²) < 4.78 is 17.4. The molecule has 3 N–H and O–H groups in total. The van der Waals surface area contributed by atoms with Gasteiger partial charge in [-0.3, -0.25) is 4.79 Å². The first kappa shape index (κ1) is 30.2. The maximum absolute atomic E-state index is 13.9. The van der Waals surface area contributed by atoms with E-state index in [9.17, 15) is 20.1 Å². The predicted molar refractivity (Wildman–Crippen MR) is 155 cm³/mol. The highest BCUT2D eigenvalue weighted by Gasteiger charge is 2.73. The van der Waals surface area contributed by atoms with Crippen molar-refractivity contribution in [3.8, 4) is 0 Å². The Morgan fingerprint density at radius 1 is 1.17 bits per heavy atom. The third-order valence-electron chi connectivity index (χ3n) is 13.5. The molecule has 1 heterocycles. The smallest absolute Gasteiger partial charge is 0.159 e. The van der Waals surface area contributed by atoms with Crippen molar-refractivity contribution in [3.05, 3.63) is 11.6 Å². The highest BCUT2D eigenvalue weighted by Crippen LogP contribution is 2.73. The molecule has 1 saturated heterocycles. The Labute approximate surface area is 246 Å². The topological polar surface area (TPSA) is 105 Å². The van der Waals surface area contributed by atoms with Crippen molar-refractivity contribution in [3.63, 3.8) is 0 Å². The second kappa shape index (κ2) is 10.7. The van der Waals surface area contributed by atoms with Crippen LogP contribution in [0.15, 0.2) is 11.6 Å². The van der Waals surface area contributed by atoms with Gasteiger partial charge in [-0.1, -0.05) is 27.2 Å². The number of aliphatic hydroxyl groups excluding tert-OH is 1. The molecule has 7 heteroatoms. The molecule has 13 unspecified atom stereocenters. The maximum Gasteiger partial charge on any atom is 0.159 e. The zero-order valence-corrected chi connectivity index (χ0v) is 25.9. The molecule has 7 nitrogen and oxygen atoms in total. The Morgan fingerprint density at radius 2 is 1.95 bits per heavy atom. The van der Waals surface area contributed by atoms with Gasteiger partial charge in [-0.2, -0.15) is 0 Å². The van der Waals surface area contributed by atoms with Crippen LogP contribution in [0.4, 0.5) is 0 Å². The van der Waals surface area contributed by atoms with E-state index in [4.69, 9.17) is 14.2 Å². The lowest BCUT2D eigenvalue weighted by Gasteiger charge is -2.65. The van der Waals surface area contributed by atoms with E-state index in [0.717, 1.165) is 56.9 Å². The molecule has 41 heavy (non-hydrogen) atoms. The summed E-state index contributed by atoms with van der Waals surface area (Å²) in [6.07, 6.45) is 8.91. The van der Waals surface area contributed by atoms with Gasteiger partial charge in [0.1, 0.15) is 6.10 Å². The molecule has 0 aromatic rings. The summed E-state index contributed by atoms with van der Waals surface area (Å²) in [4.78, 5) is 13.9. The lowest BCUT2D eigenvalue weighted by Crippen LogP contribution is -2.67. The van der Waals surface area contributed by atoms with E-state index in [0.29, 0.717) is 44.5 Å². The largest absolute Gasteiger partial charge is 0.387 e. The second-order valence-corrected chi connectivity index (χ2v) is 15.4. The summed E-state index contributed by atoms with van der Waals surface area (Å²) >= 11 is 0. The van der Waals surface area contributed by atoms with Crippen LogP contribution in [0, 0.1) is 46.3 Å². The summed E-state index contributed by atoms with van der Waals surface area (Å²) in [5.41, 5.74) is -2.31. The van der Waals surface area contributed by atoms with Crippen LogP contribution in [0.1, 0.15) is 91.9 Å². The van der Waals surface area contributed by atoms with Crippen LogP contribution in [-0.2, 0) is 19.0 Å². The van der Waals surface area contributed by atoms with Gasteiger partial charge in [0.25, 0.3) is 0 Å². The molecule has 0 radical (unpaired) electrons. The average molecular weight is 575 g/mol. The van der Waals surface area contributed by atoms with Crippen LogP contribution in [0.25, 0.3) is 0 Å². The van der Waals surface area contributed by atoms with Crippen molar-refractivity contribution in [2.45, 2.75) is 121 Å². The molecule has 0 aromatic carbocycles. The van der Waals surface area contributed by atoms with Gasteiger partial charge in [0, 0.05) is 38.3 Å². The lowest BCUT2D eigenvalue weighted by atomic mass is 9.40. The summed E-state index contributed by atoms with van der Waals surface area (Å²) in [5, 5.41) is 36.7. The SMILES string of the molecule is COCCCOC1CCC2(C)C(C1)C(=O)C=C1C2C2CCCC3(C2)C(C(C)(O)C(O)C2OCC(C)C2C)CCC13O. The van der Waals surface area contributed by atoms with Gasteiger partial charge in [-0.15, -0.1) is 0 Å². The van der Waals surface area contributed by atoms with Gasteiger partial charge >= 0.3 is 0 Å². The molecule has 4 saturated carbocycles. The van der Waals surface area contributed by atoms with Gasteiger partial charge < -0.3 is 29.5 Å². The van der Waals surface area contributed by atoms with E-state index in [-0.39, 0.29) is 41.0 Å². The quantitative estimate of drug-likeness (QED) is 0.368. The number of ketones is 1. The normalized spacial score (nSPS) is 49.5.